The van der Waals surface area contributed by atoms with Gasteiger partial charge in [-0.05, 0) is 51.9 Å². The summed E-state index contributed by atoms with van der Waals surface area (Å²) in [6, 6.07) is 22.6. The van der Waals surface area contributed by atoms with Gasteiger partial charge in [-0.3, -0.25) is 0 Å². The molecule has 2 heteroatoms. The van der Waals surface area contributed by atoms with E-state index in [0.717, 1.165) is 45.9 Å². The standard InChI is InChI=1S/C23H23NO/c1-3-16-10-7-11-17(4-2)22(16)23(25)21(15-24)20-13-12-18-8-5-6-9-19(18)14-20/h5-14,21,23,25H,3-4H2,1-2H3/t21-,23+/m0/s1. The molecule has 1 N–H and O–H groups in total. The van der Waals surface area contributed by atoms with E-state index in [-0.39, 0.29) is 0 Å². The third kappa shape index (κ3) is 3.29. The van der Waals surface area contributed by atoms with Gasteiger partial charge >= 0.3 is 0 Å². The molecule has 2 nitrogen and oxygen atoms in total. The number of rotatable bonds is 5. The summed E-state index contributed by atoms with van der Waals surface area (Å²) >= 11 is 0. The Labute approximate surface area is 149 Å². The molecular formula is C23H23NO. The Hall–Kier alpha value is -2.63. The van der Waals surface area contributed by atoms with Gasteiger partial charge in [-0.1, -0.05) is 68.4 Å². The number of hydrogen-bond acceptors (Lipinski definition) is 2. The van der Waals surface area contributed by atoms with Gasteiger partial charge in [0.1, 0.15) is 5.92 Å². The summed E-state index contributed by atoms with van der Waals surface area (Å²) in [7, 11) is 0. The third-order valence-electron chi connectivity index (χ3n) is 4.93. The van der Waals surface area contributed by atoms with Crippen molar-refractivity contribution in [2.75, 3.05) is 0 Å². The van der Waals surface area contributed by atoms with Crippen molar-refractivity contribution < 1.29 is 5.11 Å². The first-order valence-electron chi connectivity index (χ1n) is 8.86. The van der Waals surface area contributed by atoms with E-state index in [1.165, 1.54) is 0 Å². The van der Waals surface area contributed by atoms with Crippen LogP contribution in [0.4, 0.5) is 0 Å². The number of hydrogen-bond donors (Lipinski definition) is 1. The van der Waals surface area contributed by atoms with E-state index in [4.69, 9.17) is 0 Å². The highest BCUT2D eigenvalue weighted by molar-refractivity contribution is 5.83. The monoisotopic (exact) mass is 329 g/mol. The van der Waals surface area contributed by atoms with Crippen molar-refractivity contribution in [3.63, 3.8) is 0 Å². The third-order valence-corrected chi connectivity index (χ3v) is 4.93. The van der Waals surface area contributed by atoms with Crippen LogP contribution in [-0.4, -0.2) is 5.11 Å². The molecule has 0 aliphatic heterocycles. The lowest BCUT2D eigenvalue weighted by atomic mass is 9.84. The van der Waals surface area contributed by atoms with Crippen molar-refractivity contribution in [3.8, 4) is 6.07 Å². The van der Waals surface area contributed by atoms with E-state index >= 15 is 0 Å². The first kappa shape index (κ1) is 17.2. The Kier molecular flexibility index (Phi) is 5.16. The fourth-order valence-corrected chi connectivity index (χ4v) is 3.56. The molecule has 0 bridgehead atoms. The van der Waals surface area contributed by atoms with Gasteiger partial charge in [-0.15, -0.1) is 0 Å². The fraction of sp³-hybridized carbons (Fsp3) is 0.261. The Morgan fingerprint density at radius 2 is 1.52 bits per heavy atom. The van der Waals surface area contributed by atoms with E-state index in [9.17, 15) is 10.4 Å². The Morgan fingerprint density at radius 3 is 2.12 bits per heavy atom. The van der Waals surface area contributed by atoms with Crippen molar-refractivity contribution in [2.24, 2.45) is 0 Å². The largest absolute Gasteiger partial charge is 0.387 e. The number of benzene rings is 3. The van der Waals surface area contributed by atoms with E-state index in [2.05, 4.69) is 26.0 Å². The molecule has 3 aromatic carbocycles. The molecule has 0 aromatic heterocycles. The zero-order valence-corrected chi connectivity index (χ0v) is 14.7. The van der Waals surface area contributed by atoms with Crippen LogP contribution in [0.1, 0.15) is 48.1 Å². The summed E-state index contributed by atoms with van der Waals surface area (Å²) in [6.45, 7) is 4.17. The van der Waals surface area contributed by atoms with Crippen molar-refractivity contribution in [1.29, 1.82) is 5.26 Å². The molecule has 126 valence electrons. The zero-order valence-electron chi connectivity index (χ0n) is 14.7. The smallest absolute Gasteiger partial charge is 0.101 e. The van der Waals surface area contributed by atoms with Crippen LogP contribution in [-0.2, 0) is 12.8 Å². The van der Waals surface area contributed by atoms with Crippen LogP contribution in [0, 0.1) is 11.3 Å². The summed E-state index contributed by atoms with van der Waals surface area (Å²) < 4.78 is 0. The molecule has 0 saturated heterocycles. The van der Waals surface area contributed by atoms with Gasteiger partial charge in [0.2, 0.25) is 0 Å². The number of nitriles is 1. The second-order valence-corrected chi connectivity index (χ2v) is 6.36. The Balaban J connectivity index is 2.07. The molecular weight excluding hydrogens is 306 g/mol. The maximum Gasteiger partial charge on any atom is 0.101 e. The van der Waals surface area contributed by atoms with Crippen LogP contribution in [0.3, 0.4) is 0 Å². The van der Waals surface area contributed by atoms with Gasteiger partial charge in [-0.2, -0.15) is 5.26 Å². The first-order chi connectivity index (χ1) is 12.2. The quantitative estimate of drug-likeness (QED) is 0.690. The molecule has 0 aliphatic carbocycles. The zero-order chi connectivity index (χ0) is 17.8. The van der Waals surface area contributed by atoms with E-state index in [0.29, 0.717) is 0 Å². The van der Waals surface area contributed by atoms with E-state index in [1.807, 2.05) is 54.6 Å². The van der Waals surface area contributed by atoms with Gasteiger partial charge < -0.3 is 5.11 Å². The van der Waals surface area contributed by atoms with Gasteiger partial charge in [0.05, 0.1) is 12.2 Å². The highest BCUT2D eigenvalue weighted by Gasteiger charge is 2.26. The number of aliphatic hydroxyl groups excluding tert-OH is 1. The van der Waals surface area contributed by atoms with Crippen LogP contribution >= 0.6 is 0 Å². The normalized spacial score (nSPS) is 13.4. The molecule has 3 rings (SSSR count). The average molecular weight is 329 g/mol. The lowest BCUT2D eigenvalue weighted by molar-refractivity contribution is 0.162. The van der Waals surface area contributed by atoms with Gasteiger partial charge in [0, 0.05) is 0 Å². The van der Waals surface area contributed by atoms with Crippen LogP contribution in [0.5, 0.6) is 0 Å². The predicted octanol–water partition coefficient (Wildman–Crippen LogP) is 5.31. The second-order valence-electron chi connectivity index (χ2n) is 6.36. The van der Waals surface area contributed by atoms with Crippen molar-refractivity contribution >= 4 is 10.8 Å². The number of aliphatic hydroxyl groups is 1. The number of aryl methyl sites for hydroxylation is 2. The number of fused-ring (bicyclic) bond motifs is 1. The van der Waals surface area contributed by atoms with Crippen molar-refractivity contribution in [2.45, 2.75) is 38.7 Å². The lowest BCUT2D eigenvalue weighted by Gasteiger charge is -2.23. The summed E-state index contributed by atoms with van der Waals surface area (Å²) in [5.74, 6) is -0.581. The molecule has 25 heavy (non-hydrogen) atoms. The molecule has 0 unspecified atom stereocenters. The van der Waals surface area contributed by atoms with Crippen LogP contribution in [0.15, 0.2) is 60.7 Å². The average Bonchev–Trinajstić information content (AvgIpc) is 2.67. The molecule has 0 aliphatic rings. The van der Waals surface area contributed by atoms with Crippen LogP contribution < -0.4 is 0 Å². The Morgan fingerprint density at radius 1 is 0.880 bits per heavy atom. The molecule has 2 atom stereocenters. The fourth-order valence-electron chi connectivity index (χ4n) is 3.56. The topological polar surface area (TPSA) is 44.0 Å². The Bertz CT molecular complexity index is 901. The highest BCUT2D eigenvalue weighted by Crippen LogP contribution is 2.36. The summed E-state index contributed by atoms with van der Waals surface area (Å²) in [6.07, 6.45) is 0.865. The molecule has 0 amide bonds. The van der Waals surface area contributed by atoms with E-state index < -0.39 is 12.0 Å². The van der Waals surface area contributed by atoms with Gasteiger partial charge in [-0.25, -0.2) is 0 Å². The SMILES string of the molecule is CCc1cccc(CC)c1[C@H](O)[C@@H](C#N)c1ccc2ccccc2c1. The minimum absolute atomic E-state index is 0.581. The van der Waals surface area contributed by atoms with Gasteiger partial charge in [0.15, 0.2) is 0 Å². The lowest BCUT2D eigenvalue weighted by Crippen LogP contribution is -2.14. The maximum absolute atomic E-state index is 11.1. The van der Waals surface area contributed by atoms with Crippen LogP contribution in [0.25, 0.3) is 10.8 Å². The van der Waals surface area contributed by atoms with E-state index in [1.54, 1.807) is 0 Å². The molecule has 0 heterocycles. The minimum Gasteiger partial charge on any atom is -0.387 e. The van der Waals surface area contributed by atoms with Crippen LogP contribution in [0.2, 0.25) is 0 Å². The van der Waals surface area contributed by atoms with Gasteiger partial charge in [0.25, 0.3) is 0 Å². The van der Waals surface area contributed by atoms with Crippen molar-refractivity contribution in [3.05, 3.63) is 82.9 Å². The maximum atomic E-state index is 11.1. The molecule has 0 spiro atoms. The molecule has 0 radical (unpaired) electrons. The molecule has 3 aromatic rings. The highest BCUT2D eigenvalue weighted by atomic mass is 16.3. The number of nitrogens with zero attached hydrogens (tertiary/aromatic N) is 1. The first-order valence-corrected chi connectivity index (χ1v) is 8.86. The summed E-state index contributed by atoms with van der Waals surface area (Å²) in [5, 5.41) is 23.1. The summed E-state index contributed by atoms with van der Waals surface area (Å²) in [5.41, 5.74) is 4.02. The summed E-state index contributed by atoms with van der Waals surface area (Å²) in [4.78, 5) is 0. The predicted molar refractivity (Wildman–Crippen MR) is 102 cm³/mol. The molecule has 0 fully saturated rings. The second kappa shape index (κ2) is 7.51. The van der Waals surface area contributed by atoms with Crippen molar-refractivity contribution in [1.82, 2.24) is 0 Å². The molecule has 0 saturated carbocycles. The minimum atomic E-state index is -0.822.